The summed E-state index contributed by atoms with van der Waals surface area (Å²) in [5.41, 5.74) is 9.98. The van der Waals surface area contributed by atoms with Crippen LogP contribution < -0.4 is 5.73 Å². The van der Waals surface area contributed by atoms with Gasteiger partial charge in [-0.1, -0.05) is 17.7 Å². The minimum atomic E-state index is -0.390. The Bertz CT molecular complexity index is 997. The molecule has 0 saturated carbocycles. The van der Waals surface area contributed by atoms with E-state index in [9.17, 15) is 0 Å². The number of aromatic amines is 1. The van der Waals surface area contributed by atoms with Gasteiger partial charge < -0.3 is 10.7 Å². The minimum absolute atomic E-state index is 0.390. The van der Waals surface area contributed by atoms with Crippen LogP contribution in [0.2, 0.25) is 5.02 Å². The molecule has 1 atom stereocenters. The van der Waals surface area contributed by atoms with Crippen LogP contribution in [0.15, 0.2) is 55.4 Å². The number of fused-ring (bicyclic) bond motifs is 1. The van der Waals surface area contributed by atoms with Crippen molar-refractivity contribution in [1.82, 2.24) is 24.9 Å². The average molecular weight is 351 g/mol. The molecule has 4 aromatic heterocycles. The van der Waals surface area contributed by atoms with Crippen LogP contribution in [0, 0.1) is 0 Å². The maximum absolute atomic E-state index is 6.20. The first-order valence-corrected chi connectivity index (χ1v) is 8.16. The van der Waals surface area contributed by atoms with Gasteiger partial charge in [0.15, 0.2) is 0 Å². The molecule has 0 radical (unpaired) electrons. The number of H-pyrrole nitrogens is 1. The number of nitrogens with one attached hydrogen (secondary N) is 1. The summed E-state index contributed by atoms with van der Waals surface area (Å²) < 4.78 is 0. The molecule has 0 saturated heterocycles. The molecule has 0 fully saturated rings. The Morgan fingerprint density at radius 2 is 1.96 bits per heavy atom. The molecule has 0 aliphatic rings. The number of aromatic nitrogens is 5. The highest BCUT2D eigenvalue weighted by Crippen LogP contribution is 2.22. The third-order valence-electron chi connectivity index (χ3n) is 4.02. The molecule has 0 bridgehead atoms. The molecule has 4 heterocycles. The molecule has 7 heteroatoms. The van der Waals surface area contributed by atoms with Gasteiger partial charge in [0, 0.05) is 49.0 Å². The molecule has 6 nitrogen and oxygen atoms in total. The van der Waals surface area contributed by atoms with Crippen LogP contribution in [0.3, 0.4) is 0 Å². The fraction of sp³-hybridized carbons (Fsp3) is 0.111. The SMILES string of the molecule is NC(c1cccnc1)c1ncc(Cc2c[nH]c3ncc(Cl)cc23)cn1. The van der Waals surface area contributed by atoms with Crippen molar-refractivity contribution in [3.63, 3.8) is 0 Å². The van der Waals surface area contributed by atoms with Crippen molar-refractivity contribution in [2.24, 2.45) is 5.73 Å². The van der Waals surface area contributed by atoms with E-state index in [1.54, 1.807) is 31.0 Å². The number of halogens is 1. The Hall–Kier alpha value is -2.83. The largest absolute Gasteiger partial charge is 0.346 e. The van der Waals surface area contributed by atoms with Crippen LogP contribution >= 0.6 is 11.6 Å². The molecule has 0 aliphatic carbocycles. The Labute approximate surface area is 149 Å². The van der Waals surface area contributed by atoms with Gasteiger partial charge in [0.05, 0.1) is 11.1 Å². The molecule has 1 unspecified atom stereocenters. The lowest BCUT2D eigenvalue weighted by molar-refractivity contribution is 0.771. The van der Waals surface area contributed by atoms with Crippen molar-refractivity contribution < 1.29 is 0 Å². The van der Waals surface area contributed by atoms with E-state index >= 15 is 0 Å². The summed E-state index contributed by atoms with van der Waals surface area (Å²) in [5, 5.41) is 1.62. The molecular weight excluding hydrogens is 336 g/mol. The Balaban J connectivity index is 1.57. The summed E-state index contributed by atoms with van der Waals surface area (Å²) >= 11 is 6.04. The first kappa shape index (κ1) is 15.7. The summed E-state index contributed by atoms with van der Waals surface area (Å²) in [5.74, 6) is 0.570. The van der Waals surface area contributed by atoms with Crippen molar-refractivity contribution in [3.8, 4) is 0 Å². The molecule has 0 aromatic carbocycles. The van der Waals surface area contributed by atoms with E-state index in [4.69, 9.17) is 17.3 Å². The van der Waals surface area contributed by atoms with Gasteiger partial charge in [-0.15, -0.1) is 0 Å². The summed E-state index contributed by atoms with van der Waals surface area (Å²) in [4.78, 5) is 20.3. The molecule has 0 amide bonds. The second kappa shape index (κ2) is 6.58. The number of hydrogen-bond donors (Lipinski definition) is 2. The van der Waals surface area contributed by atoms with E-state index in [1.165, 1.54) is 0 Å². The Morgan fingerprint density at radius 1 is 1.12 bits per heavy atom. The highest BCUT2D eigenvalue weighted by Gasteiger charge is 2.12. The third-order valence-corrected chi connectivity index (χ3v) is 4.23. The lowest BCUT2D eigenvalue weighted by Gasteiger charge is -2.10. The zero-order chi connectivity index (χ0) is 17.2. The molecule has 0 aliphatic heterocycles. The lowest BCUT2D eigenvalue weighted by atomic mass is 10.1. The predicted molar refractivity (Wildman–Crippen MR) is 96.2 cm³/mol. The van der Waals surface area contributed by atoms with Gasteiger partial charge in [-0.05, 0) is 28.8 Å². The first-order valence-electron chi connectivity index (χ1n) is 7.78. The fourth-order valence-corrected chi connectivity index (χ4v) is 2.88. The normalized spacial score (nSPS) is 12.4. The van der Waals surface area contributed by atoms with E-state index in [1.807, 2.05) is 24.4 Å². The van der Waals surface area contributed by atoms with Gasteiger partial charge >= 0.3 is 0 Å². The van der Waals surface area contributed by atoms with Crippen molar-refractivity contribution in [3.05, 3.63) is 82.9 Å². The summed E-state index contributed by atoms with van der Waals surface area (Å²) in [6.45, 7) is 0. The van der Waals surface area contributed by atoms with Crippen LogP contribution in [0.1, 0.15) is 28.6 Å². The van der Waals surface area contributed by atoms with Crippen molar-refractivity contribution >= 4 is 22.6 Å². The topological polar surface area (TPSA) is 93.4 Å². The molecule has 0 spiro atoms. The first-order chi connectivity index (χ1) is 12.2. The number of rotatable bonds is 4. The number of pyridine rings is 2. The molecular formula is C18H15ClN6. The van der Waals surface area contributed by atoms with E-state index in [0.717, 1.165) is 27.7 Å². The van der Waals surface area contributed by atoms with E-state index in [0.29, 0.717) is 17.3 Å². The van der Waals surface area contributed by atoms with Crippen LogP contribution in [-0.4, -0.2) is 24.9 Å². The number of nitrogens with zero attached hydrogens (tertiary/aromatic N) is 4. The number of nitrogens with two attached hydrogens (primary N) is 1. The zero-order valence-corrected chi connectivity index (χ0v) is 14.0. The van der Waals surface area contributed by atoms with Crippen LogP contribution in [0.25, 0.3) is 11.0 Å². The highest BCUT2D eigenvalue weighted by atomic mass is 35.5. The molecule has 3 N–H and O–H groups in total. The van der Waals surface area contributed by atoms with E-state index in [-0.39, 0.29) is 6.04 Å². The van der Waals surface area contributed by atoms with Crippen LogP contribution in [-0.2, 0) is 6.42 Å². The lowest BCUT2D eigenvalue weighted by Crippen LogP contribution is -2.15. The Morgan fingerprint density at radius 3 is 2.72 bits per heavy atom. The monoisotopic (exact) mass is 350 g/mol. The second-order valence-electron chi connectivity index (χ2n) is 5.75. The Kier molecular flexibility index (Phi) is 4.13. The number of hydrogen-bond acceptors (Lipinski definition) is 5. The van der Waals surface area contributed by atoms with Gasteiger partial charge in [-0.25, -0.2) is 15.0 Å². The molecule has 124 valence electrons. The fourth-order valence-electron chi connectivity index (χ4n) is 2.72. The van der Waals surface area contributed by atoms with Gasteiger partial charge in [-0.3, -0.25) is 4.98 Å². The average Bonchev–Trinajstić information content (AvgIpc) is 3.04. The summed E-state index contributed by atoms with van der Waals surface area (Å²) in [6, 6.07) is 5.28. The van der Waals surface area contributed by atoms with Crippen molar-refractivity contribution in [1.29, 1.82) is 0 Å². The highest BCUT2D eigenvalue weighted by molar-refractivity contribution is 6.31. The maximum atomic E-state index is 6.20. The van der Waals surface area contributed by atoms with Crippen molar-refractivity contribution in [2.75, 3.05) is 0 Å². The molecule has 25 heavy (non-hydrogen) atoms. The van der Waals surface area contributed by atoms with Crippen LogP contribution in [0.4, 0.5) is 0 Å². The summed E-state index contributed by atoms with van der Waals surface area (Å²) in [7, 11) is 0. The van der Waals surface area contributed by atoms with Gasteiger partial charge in [0.25, 0.3) is 0 Å². The maximum Gasteiger partial charge on any atom is 0.149 e. The molecule has 4 rings (SSSR count). The zero-order valence-electron chi connectivity index (χ0n) is 13.2. The van der Waals surface area contributed by atoms with E-state index < -0.39 is 0 Å². The minimum Gasteiger partial charge on any atom is -0.346 e. The summed E-state index contributed by atoms with van der Waals surface area (Å²) in [6.07, 6.45) is 11.3. The third kappa shape index (κ3) is 3.22. The quantitative estimate of drug-likeness (QED) is 0.590. The standard InChI is InChI=1S/C18H15ClN6/c19-14-5-15-13(9-24-17(15)25-10-14)4-11-6-22-18(23-7-11)16(20)12-2-1-3-21-8-12/h1-3,5-10,16H,4,20H2,(H,24,25). The van der Waals surface area contributed by atoms with E-state index in [2.05, 4.69) is 24.9 Å². The van der Waals surface area contributed by atoms with Crippen LogP contribution in [0.5, 0.6) is 0 Å². The second-order valence-corrected chi connectivity index (χ2v) is 6.19. The smallest absolute Gasteiger partial charge is 0.149 e. The van der Waals surface area contributed by atoms with Gasteiger partial charge in [0.1, 0.15) is 11.5 Å². The van der Waals surface area contributed by atoms with Gasteiger partial charge in [-0.2, -0.15) is 0 Å². The molecule has 4 aromatic rings. The van der Waals surface area contributed by atoms with Gasteiger partial charge in [0.2, 0.25) is 0 Å². The predicted octanol–water partition coefficient (Wildman–Crippen LogP) is 3.04. The van der Waals surface area contributed by atoms with Crippen molar-refractivity contribution in [2.45, 2.75) is 12.5 Å².